The zero-order chi connectivity index (χ0) is 13.4. The topological polar surface area (TPSA) is 35.5 Å². The molecular formula is C16H18O3. The Hall–Kier alpha value is -1.77. The molecule has 0 amide bonds. The van der Waals surface area contributed by atoms with Crippen LogP contribution >= 0.6 is 0 Å². The first-order valence-electron chi connectivity index (χ1n) is 6.77. The van der Waals surface area contributed by atoms with Crippen LogP contribution in [0.25, 0.3) is 0 Å². The number of allylic oxidation sites excluding steroid dienone is 1. The minimum absolute atomic E-state index is 0.0297. The van der Waals surface area contributed by atoms with Crippen LogP contribution in [-0.2, 0) is 9.53 Å². The van der Waals surface area contributed by atoms with Gasteiger partial charge in [-0.05, 0) is 24.1 Å². The minimum Gasteiger partial charge on any atom is -0.497 e. The zero-order valence-corrected chi connectivity index (χ0v) is 11.3. The molecule has 0 bridgehead atoms. The highest BCUT2D eigenvalue weighted by Gasteiger charge is 2.39. The summed E-state index contributed by atoms with van der Waals surface area (Å²) in [4.78, 5) is 12.0. The van der Waals surface area contributed by atoms with E-state index in [1.807, 2.05) is 24.3 Å². The molecule has 1 aromatic rings. The van der Waals surface area contributed by atoms with E-state index >= 15 is 0 Å². The fraction of sp³-hybridized carbons (Fsp3) is 0.438. The van der Waals surface area contributed by atoms with Gasteiger partial charge in [0, 0.05) is 24.3 Å². The quantitative estimate of drug-likeness (QED) is 0.815. The van der Waals surface area contributed by atoms with E-state index in [1.54, 1.807) is 7.11 Å². The van der Waals surface area contributed by atoms with Gasteiger partial charge in [-0.3, -0.25) is 4.79 Å². The van der Waals surface area contributed by atoms with Gasteiger partial charge in [0.05, 0.1) is 7.11 Å². The lowest BCUT2D eigenvalue weighted by molar-refractivity contribution is -0.116. The van der Waals surface area contributed by atoms with E-state index in [0.717, 1.165) is 35.5 Å². The van der Waals surface area contributed by atoms with E-state index < -0.39 is 0 Å². The fourth-order valence-corrected chi connectivity index (χ4v) is 3.02. The molecule has 1 aromatic carbocycles. The molecule has 1 aliphatic carbocycles. The van der Waals surface area contributed by atoms with Crippen molar-refractivity contribution in [1.82, 2.24) is 0 Å². The van der Waals surface area contributed by atoms with Gasteiger partial charge < -0.3 is 9.47 Å². The third-order valence-electron chi connectivity index (χ3n) is 4.03. The van der Waals surface area contributed by atoms with E-state index in [9.17, 15) is 4.79 Å². The van der Waals surface area contributed by atoms with Crippen molar-refractivity contribution in [3.05, 3.63) is 41.2 Å². The second-order valence-electron chi connectivity index (χ2n) is 5.21. The van der Waals surface area contributed by atoms with E-state index in [4.69, 9.17) is 9.47 Å². The van der Waals surface area contributed by atoms with Gasteiger partial charge in [0.1, 0.15) is 17.6 Å². The molecule has 0 aromatic heterocycles. The Labute approximate surface area is 113 Å². The van der Waals surface area contributed by atoms with E-state index in [-0.39, 0.29) is 17.8 Å². The molecule has 100 valence electrons. The smallest absolute Gasteiger partial charge is 0.162 e. The summed E-state index contributed by atoms with van der Waals surface area (Å²) in [5, 5.41) is 0. The summed E-state index contributed by atoms with van der Waals surface area (Å²) in [6, 6.07) is 7.90. The average molecular weight is 258 g/mol. The number of carbonyl (C=O) groups excluding carboxylic acids is 1. The van der Waals surface area contributed by atoms with Crippen LogP contribution in [0.2, 0.25) is 0 Å². The highest BCUT2D eigenvalue weighted by atomic mass is 16.5. The first-order valence-corrected chi connectivity index (χ1v) is 6.77. The van der Waals surface area contributed by atoms with Crippen LogP contribution < -0.4 is 4.74 Å². The molecule has 0 radical (unpaired) electrons. The maximum Gasteiger partial charge on any atom is 0.162 e. The highest BCUT2D eigenvalue weighted by molar-refractivity contribution is 5.97. The molecule has 1 heterocycles. The second-order valence-corrected chi connectivity index (χ2v) is 5.21. The van der Waals surface area contributed by atoms with Gasteiger partial charge in [-0.2, -0.15) is 0 Å². The first kappa shape index (κ1) is 12.3. The largest absolute Gasteiger partial charge is 0.497 e. The Morgan fingerprint density at radius 2 is 1.95 bits per heavy atom. The molecule has 0 spiro atoms. The van der Waals surface area contributed by atoms with Crippen LogP contribution in [0.1, 0.15) is 37.9 Å². The third kappa shape index (κ3) is 2.03. The number of Topliss-reactive ketones (excluding diaryl/α,β-unsaturated/α-hetero) is 1. The fourth-order valence-electron chi connectivity index (χ4n) is 3.02. The molecule has 19 heavy (non-hydrogen) atoms. The summed E-state index contributed by atoms with van der Waals surface area (Å²) < 4.78 is 11.2. The highest BCUT2D eigenvalue weighted by Crippen LogP contribution is 2.45. The minimum atomic E-state index is -0.0297. The summed E-state index contributed by atoms with van der Waals surface area (Å²) in [7, 11) is 1.66. The van der Waals surface area contributed by atoms with Crippen molar-refractivity contribution in [1.29, 1.82) is 0 Å². The Balaban J connectivity index is 1.86. The summed E-state index contributed by atoms with van der Waals surface area (Å²) >= 11 is 0. The number of carbonyl (C=O) groups is 1. The normalized spacial score (nSPS) is 26.1. The molecule has 2 aliphatic rings. The van der Waals surface area contributed by atoms with Crippen LogP contribution in [-0.4, -0.2) is 12.9 Å². The number of hydrogen-bond acceptors (Lipinski definition) is 3. The number of benzene rings is 1. The molecule has 1 aliphatic heterocycles. The number of ether oxygens (including phenoxy) is 2. The molecule has 3 heteroatoms. The van der Waals surface area contributed by atoms with Crippen molar-refractivity contribution >= 4 is 5.78 Å². The zero-order valence-electron chi connectivity index (χ0n) is 11.3. The Kier molecular flexibility index (Phi) is 3.05. The Bertz CT molecular complexity index is 527. The van der Waals surface area contributed by atoms with Crippen molar-refractivity contribution in [3.63, 3.8) is 0 Å². The van der Waals surface area contributed by atoms with Crippen LogP contribution in [0.3, 0.4) is 0 Å². The molecule has 0 N–H and O–H groups in total. The SMILES string of the molecule is COc1ccc([C@H]2OC3=C(C(=O)CCC3)[C@@H]2C)cc1. The van der Waals surface area contributed by atoms with E-state index in [2.05, 4.69) is 6.92 Å². The summed E-state index contributed by atoms with van der Waals surface area (Å²) in [5.74, 6) is 2.17. The van der Waals surface area contributed by atoms with Crippen LogP contribution in [0.4, 0.5) is 0 Å². The summed E-state index contributed by atoms with van der Waals surface area (Å²) in [6.07, 6.45) is 2.46. The predicted octanol–water partition coefficient (Wildman–Crippen LogP) is 3.41. The van der Waals surface area contributed by atoms with Crippen molar-refractivity contribution in [2.75, 3.05) is 7.11 Å². The second kappa shape index (κ2) is 4.72. The van der Waals surface area contributed by atoms with Crippen molar-refractivity contribution < 1.29 is 14.3 Å². The number of methoxy groups -OCH3 is 1. The summed E-state index contributed by atoms with van der Waals surface area (Å²) in [6.45, 7) is 2.08. The molecule has 0 saturated heterocycles. The number of hydrogen-bond donors (Lipinski definition) is 0. The van der Waals surface area contributed by atoms with Gasteiger partial charge in [0.15, 0.2) is 5.78 Å². The lowest BCUT2D eigenvalue weighted by Gasteiger charge is -2.17. The lowest BCUT2D eigenvalue weighted by atomic mass is 9.85. The Morgan fingerprint density at radius 1 is 1.21 bits per heavy atom. The third-order valence-corrected chi connectivity index (χ3v) is 4.03. The van der Waals surface area contributed by atoms with Gasteiger partial charge in [-0.1, -0.05) is 19.1 Å². The van der Waals surface area contributed by atoms with Crippen molar-refractivity contribution in [2.24, 2.45) is 5.92 Å². The van der Waals surface area contributed by atoms with Gasteiger partial charge >= 0.3 is 0 Å². The van der Waals surface area contributed by atoms with Gasteiger partial charge in [-0.25, -0.2) is 0 Å². The number of ketones is 1. The molecule has 0 fully saturated rings. The summed E-state index contributed by atoms with van der Waals surface area (Å²) in [5.41, 5.74) is 2.03. The lowest BCUT2D eigenvalue weighted by Crippen LogP contribution is -2.14. The molecule has 2 atom stereocenters. The van der Waals surface area contributed by atoms with Gasteiger partial charge in [0.25, 0.3) is 0 Å². The van der Waals surface area contributed by atoms with Gasteiger partial charge in [-0.15, -0.1) is 0 Å². The molecule has 0 saturated carbocycles. The maximum atomic E-state index is 12.0. The van der Waals surface area contributed by atoms with Gasteiger partial charge in [0.2, 0.25) is 0 Å². The number of rotatable bonds is 2. The van der Waals surface area contributed by atoms with Crippen molar-refractivity contribution in [2.45, 2.75) is 32.3 Å². The molecule has 3 nitrogen and oxygen atoms in total. The standard InChI is InChI=1S/C16H18O3/c1-10-15-13(17)4-3-5-14(15)19-16(10)11-6-8-12(18-2)9-7-11/h6-10,16H,3-5H2,1-2H3/t10-,16-/m0/s1. The van der Waals surface area contributed by atoms with Crippen LogP contribution in [0.5, 0.6) is 5.75 Å². The van der Waals surface area contributed by atoms with Crippen molar-refractivity contribution in [3.8, 4) is 5.75 Å². The predicted molar refractivity (Wildman–Crippen MR) is 71.9 cm³/mol. The monoisotopic (exact) mass is 258 g/mol. The first-order chi connectivity index (χ1) is 9.20. The van der Waals surface area contributed by atoms with Crippen LogP contribution in [0.15, 0.2) is 35.6 Å². The van der Waals surface area contributed by atoms with E-state index in [0.29, 0.717) is 6.42 Å². The average Bonchev–Trinajstić information content (AvgIpc) is 2.78. The van der Waals surface area contributed by atoms with E-state index in [1.165, 1.54) is 0 Å². The molecule has 3 rings (SSSR count). The van der Waals surface area contributed by atoms with Crippen LogP contribution in [0, 0.1) is 5.92 Å². The molecular weight excluding hydrogens is 240 g/mol. The molecule has 0 unspecified atom stereocenters. The Morgan fingerprint density at radius 3 is 2.58 bits per heavy atom. The maximum absolute atomic E-state index is 12.0.